The quantitative estimate of drug-likeness (QED) is 0.637. The first-order valence-electron chi connectivity index (χ1n) is 10.5. The standard InChI is InChI=1S/C22H34N2O3.2ClH/c1-2-3-7-20(22(25)26)18-9-11-23(12-10-18)17-19-6-4-5-8-21(19)24-13-15-27-16-14-24;;/h4-6,8,18,20H,2-3,7,9-17H2,1H3,(H,25,26);2*1H. The van der Waals surface area contributed by atoms with Gasteiger partial charge in [-0.25, -0.2) is 0 Å². The van der Waals surface area contributed by atoms with Crippen molar-refractivity contribution >= 4 is 36.5 Å². The molecule has 2 fully saturated rings. The van der Waals surface area contributed by atoms with E-state index in [1.54, 1.807) is 0 Å². The van der Waals surface area contributed by atoms with Crippen LogP contribution in [0, 0.1) is 11.8 Å². The Morgan fingerprint density at radius 2 is 1.79 bits per heavy atom. The van der Waals surface area contributed by atoms with Crippen LogP contribution in [0.15, 0.2) is 24.3 Å². The minimum Gasteiger partial charge on any atom is -0.481 e. The number of nitrogens with zero attached hydrogens (tertiary/aromatic N) is 2. The summed E-state index contributed by atoms with van der Waals surface area (Å²) in [6, 6.07) is 8.69. The molecule has 2 heterocycles. The lowest BCUT2D eigenvalue weighted by atomic mass is 9.81. The van der Waals surface area contributed by atoms with Crippen LogP contribution in [-0.4, -0.2) is 55.4 Å². The predicted octanol–water partition coefficient (Wildman–Crippen LogP) is 4.47. The summed E-state index contributed by atoms with van der Waals surface area (Å²) in [5, 5.41) is 9.60. The molecule has 0 aromatic heterocycles. The molecule has 1 N–H and O–H groups in total. The van der Waals surface area contributed by atoms with E-state index in [4.69, 9.17) is 4.74 Å². The molecular formula is C22H36Cl2N2O3. The highest BCUT2D eigenvalue weighted by Crippen LogP contribution is 2.31. The summed E-state index contributed by atoms with van der Waals surface area (Å²) >= 11 is 0. The van der Waals surface area contributed by atoms with Crippen LogP contribution >= 0.6 is 24.8 Å². The molecule has 2 aliphatic rings. The third-order valence-corrected chi connectivity index (χ3v) is 6.12. The first kappa shape index (κ1) is 26.0. The van der Waals surface area contributed by atoms with Crippen molar-refractivity contribution in [3.63, 3.8) is 0 Å². The van der Waals surface area contributed by atoms with Gasteiger partial charge < -0.3 is 14.7 Å². The normalized spacial score (nSPS) is 19.1. The summed E-state index contributed by atoms with van der Waals surface area (Å²) in [5.74, 6) is -0.424. The van der Waals surface area contributed by atoms with Crippen LogP contribution in [0.3, 0.4) is 0 Å². The fraction of sp³-hybridized carbons (Fsp3) is 0.682. The molecule has 1 atom stereocenters. The van der Waals surface area contributed by atoms with Gasteiger partial charge in [0.25, 0.3) is 0 Å². The fourth-order valence-electron chi connectivity index (χ4n) is 4.50. The Morgan fingerprint density at radius 3 is 2.41 bits per heavy atom. The number of anilines is 1. The van der Waals surface area contributed by atoms with Gasteiger partial charge in [0.2, 0.25) is 0 Å². The van der Waals surface area contributed by atoms with Gasteiger partial charge in [0.1, 0.15) is 0 Å². The molecule has 2 saturated heterocycles. The zero-order valence-corrected chi connectivity index (χ0v) is 19.1. The van der Waals surface area contributed by atoms with E-state index in [1.807, 2.05) is 0 Å². The molecule has 3 rings (SSSR count). The van der Waals surface area contributed by atoms with Gasteiger partial charge in [-0.2, -0.15) is 0 Å². The molecule has 5 nitrogen and oxygen atoms in total. The average molecular weight is 447 g/mol. The molecule has 1 aromatic rings. The van der Waals surface area contributed by atoms with Crippen molar-refractivity contribution in [3.05, 3.63) is 29.8 Å². The van der Waals surface area contributed by atoms with Crippen molar-refractivity contribution in [2.45, 2.75) is 45.6 Å². The number of piperidine rings is 1. The molecule has 0 radical (unpaired) electrons. The van der Waals surface area contributed by atoms with Gasteiger partial charge >= 0.3 is 5.97 Å². The van der Waals surface area contributed by atoms with E-state index in [-0.39, 0.29) is 30.7 Å². The largest absolute Gasteiger partial charge is 0.481 e. The number of ether oxygens (including phenoxy) is 1. The minimum atomic E-state index is -0.598. The summed E-state index contributed by atoms with van der Waals surface area (Å²) in [4.78, 5) is 16.6. The number of carboxylic acid groups (broad SMARTS) is 1. The molecule has 0 aliphatic carbocycles. The van der Waals surface area contributed by atoms with E-state index in [2.05, 4.69) is 41.0 Å². The van der Waals surface area contributed by atoms with Crippen LogP contribution in [0.1, 0.15) is 44.6 Å². The van der Waals surface area contributed by atoms with Crippen LogP contribution in [0.5, 0.6) is 0 Å². The summed E-state index contributed by atoms with van der Waals surface area (Å²) in [7, 11) is 0. The van der Waals surface area contributed by atoms with Gasteiger partial charge in [0.05, 0.1) is 19.1 Å². The lowest BCUT2D eigenvalue weighted by Gasteiger charge is -2.36. The topological polar surface area (TPSA) is 53.0 Å². The smallest absolute Gasteiger partial charge is 0.306 e. The Hall–Kier alpha value is -1.01. The highest BCUT2D eigenvalue weighted by atomic mass is 35.5. The Balaban J connectivity index is 0.00000210. The highest BCUT2D eigenvalue weighted by molar-refractivity contribution is 5.85. The van der Waals surface area contributed by atoms with Gasteiger partial charge in [0.15, 0.2) is 0 Å². The Kier molecular flexibility index (Phi) is 12.0. The molecule has 0 spiro atoms. The second-order valence-corrected chi connectivity index (χ2v) is 7.93. The fourth-order valence-corrected chi connectivity index (χ4v) is 4.50. The number of halogens is 2. The lowest BCUT2D eigenvalue weighted by molar-refractivity contribution is -0.144. The van der Waals surface area contributed by atoms with Crippen LogP contribution in [0.2, 0.25) is 0 Å². The maximum Gasteiger partial charge on any atom is 0.306 e. The number of rotatable bonds is 8. The number of hydrogen-bond donors (Lipinski definition) is 1. The molecule has 0 bridgehead atoms. The Morgan fingerprint density at radius 1 is 1.14 bits per heavy atom. The number of unbranched alkanes of at least 4 members (excludes halogenated alkanes) is 1. The van der Waals surface area contributed by atoms with E-state index >= 15 is 0 Å². The van der Waals surface area contributed by atoms with E-state index in [0.29, 0.717) is 5.92 Å². The lowest BCUT2D eigenvalue weighted by Crippen LogP contribution is -2.39. The van der Waals surface area contributed by atoms with Crippen molar-refractivity contribution in [2.75, 3.05) is 44.3 Å². The first-order chi connectivity index (χ1) is 13.2. The van der Waals surface area contributed by atoms with E-state index in [9.17, 15) is 9.90 Å². The van der Waals surface area contributed by atoms with Crippen LogP contribution in [0.25, 0.3) is 0 Å². The molecule has 0 amide bonds. The molecule has 29 heavy (non-hydrogen) atoms. The number of para-hydroxylation sites is 1. The number of morpholine rings is 1. The minimum absolute atomic E-state index is 0. The van der Waals surface area contributed by atoms with Crippen molar-refractivity contribution in [3.8, 4) is 0 Å². The summed E-state index contributed by atoms with van der Waals surface area (Å²) < 4.78 is 5.49. The predicted molar refractivity (Wildman–Crippen MR) is 123 cm³/mol. The summed E-state index contributed by atoms with van der Waals surface area (Å²) in [6.45, 7) is 8.59. The number of aliphatic carboxylic acids is 1. The van der Waals surface area contributed by atoms with Crippen molar-refractivity contribution < 1.29 is 14.6 Å². The third-order valence-electron chi connectivity index (χ3n) is 6.12. The molecule has 166 valence electrons. The third kappa shape index (κ3) is 7.32. The number of carboxylic acids is 1. The maximum atomic E-state index is 11.7. The monoisotopic (exact) mass is 446 g/mol. The first-order valence-corrected chi connectivity index (χ1v) is 10.5. The molecule has 2 aliphatic heterocycles. The van der Waals surface area contributed by atoms with Gasteiger partial charge in [-0.15, -0.1) is 24.8 Å². The highest BCUT2D eigenvalue weighted by Gasteiger charge is 2.31. The second kappa shape index (κ2) is 13.3. The Bertz CT molecular complexity index is 603. The maximum absolute atomic E-state index is 11.7. The summed E-state index contributed by atoms with van der Waals surface area (Å²) in [5.41, 5.74) is 2.70. The second-order valence-electron chi connectivity index (χ2n) is 7.93. The van der Waals surface area contributed by atoms with Crippen molar-refractivity contribution in [1.29, 1.82) is 0 Å². The number of hydrogen-bond acceptors (Lipinski definition) is 4. The molecular weight excluding hydrogens is 411 g/mol. The van der Waals surface area contributed by atoms with Crippen molar-refractivity contribution in [1.82, 2.24) is 4.90 Å². The zero-order chi connectivity index (χ0) is 19.1. The van der Waals surface area contributed by atoms with E-state index in [1.165, 1.54) is 11.3 Å². The molecule has 7 heteroatoms. The van der Waals surface area contributed by atoms with Gasteiger partial charge in [-0.3, -0.25) is 9.69 Å². The number of likely N-dealkylation sites (tertiary alicyclic amines) is 1. The van der Waals surface area contributed by atoms with Gasteiger partial charge in [-0.1, -0.05) is 38.0 Å². The van der Waals surface area contributed by atoms with E-state index < -0.39 is 5.97 Å². The molecule has 1 aromatic carbocycles. The molecule has 0 saturated carbocycles. The zero-order valence-electron chi connectivity index (χ0n) is 17.4. The van der Waals surface area contributed by atoms with Gasteiger partial charge in [0, 0.05) is 25.3 Å². The van der Waals surface area contributed by atoms with Crippen LogP contribution in [-0.2, 0) is 16.1 Å². The summed E-state index contributed by atoms with van der Waals surface area (Å²) in [6.07, 6.45) is 4.92. The van der Waals surface area contributed by atoms with E-state index in [0.717, 1.165) is 78.0 Å². The Labute approximate surface area is 187 Å². The average Bonchev–Trinajstić information content (AvgIpc) is 2.70. The molecule has 1 unspecified atom stereocenters. The number of carbonyl (C=O) groups is 1. The van der Waals surface area contributed by atoms with Crippen LogP contribution in [0.4, 0.5) is 5.69 Å². The number of benzene rings is 1. The van der Waals surface area contributed by atoms with Crippen LogP contribution < -0.4 is 4.90 Å². The van der Waals surface area contributed by atoms with Gasteiger partial charge in [-0.05, 0) is 49.9 Å². The van der Waals surface area contributed by atoms with Crippen molar-refractivity contribution in [2.24, 2.45) is 11.8 Å². The SMILES string of the molecule is CCCCC(C(=O)O)C1CCN(Cc2ccccc2N2CCOCC2)CC1.Cl.Cl.